The number of aryl methyl sites for hydroxylation is 1. The number of thiophene rings is 1. The van der Waals surface area contributed by atoms with Gasteiger partial charge in [0.2, 0.25) is 0 Å². The van der Waals surface area contributed by atoms with Gasteiger partial charge in [0.05, 0.1) is 38.7 Å². The van der Waals surface area contributed by atoms with Gasteiger partial charge in [-0.2, -0.15) is 0 Å². The highest BCUT2D eigenvalue weighted by Gasteiger charge is 2.19. The third-order valence-electron chi connectivity index (χ3n) is 3.83. The van der Waals surface area contributed by atoms with Crippen molar-refractivity contribution in [3.8, 4) is 0 Å². The molecule has 2 heterocycles. The van der Waals surface area contributed by atoms with E-state index >= 15 is 0 Å². The predicted octanol–water partition coefficient (Wildman–Crippen LogP) is 3.17. The van der Waals surface area contributed by atoms with Gasteiger partial charge in [-0.3, -0.25) is 9.00 Å². The lowest BCUT2D eigenvalue weighted by Gasteiger charge is -2.10. The lowest BCUT2D eigenvalue weighted by Crippen LogP contribution is -2.14. The van der Waals surface area contributed by atoms with Crippen molar-refractivity contribution >= 4 is 49.9 Å². The van der Waals surface area contributed by atoms with Crippen LogP contribution in [0.3, 0.4) is 0 Å². The molecular weight excluding hydrogens is 386 g/mol. The van der Waals surface area contributed by atoms with Crippen molar-refractivity contribution in [2.75, 3.05) is 18.2 Å². The second-order valence-electron chi connectivity index (χ2n) is 5.66. The molecule has 0 saturated heterocycles. The fourth-order valence-electron chi connectivity index (χ4n) is 2.48. The van der Waals surface area contributed by atoms with Crippen LogP contribution < -0.4 is 5.32 Å². The van der Waals surface area contributed by atoms with Crippen LogP contribution in [0.25, 0.3) is 10.2 Å². The van der Waals surface area contributed by atoms with Crippen LogP contribution in [0.4, 0.5) is 5.69 Å². The minimum atomic E-state index is -1.28. The lowest BCUT2D eigenvalue weighted by atomic mass is 10.1. The predicted molar refractivity (Wildman–Crippen MR) is 105 cm³/mol. The highest BCUT2D eigenvalue weighted by Crippen LogP contribution is 2.28. The molecule has 0 radical (unpaired) electrons. The first kappa shape index (κ1) is 19.1. The fourth-order valence-corrected chi connectivity index (χ4v) is 4.41. The Kier molecular flexibility index (Phi) is 5.62. The minimum Gasteiger partial charge on any atom is -0.462 e. The van der Waals surface area contributed by atoms with Crippen molar-refractivity contribution < 1.29 is 18.5 Å². The molecule has 3 rings (SSSR count). The smallest absolute Gasteiger partial charge is 0.338 e. The van der Waals surface area contributed by atoms with E-state index in [9.17, 15) is 13.8 Å². The molecule has 0 bridgehead atoms. The highest BCUT2D eigenvalue weighted by atomic mass is 32.2. The third kappa shape index (κ3) is 3.88. The van der Waals surface area contributed by atoms with Crippen molar-refractivity contribution in [2.24, 2.45) is 0 Å². The maximum absolute atomic E-state index is 12.8. The van der Waals surface area contributed by atoms with Crippen LogP contribution in [0, 0.1) is 6.92 Å². The van der Waals surface area contributed by atoms with E-state index in [0.29, 0.717) is 32.1 Å². The number of ether oxygens (including phenoxy) is 1. The maximum atomic E-state index is 12.8. The zero-order valence-electron chi connectivity index (χ0n) is 14.9. The summed E-state index contributed by atoms with van der Waals surface area (Å²) in [6, 6.07) is 4.98. The van der Waals surface area contributed by atoms with E-state index in [0.717, 1.165) is 5.56 Å². The van der Waals surface area contributed by atoms with Crippen LogP contribution in [-0.2, 0) is 15.5 Å². The monoisotopic (exact) mass is 403 g/mol. The van der Waals surface area contributed by atoms with E-state index in [1.165, 1.54) is 23.9 Å². The fraction of sp³-hybridized carbons (Fsp3) is 0.222. The molecule has 9 heteroatoms. The molecule has 0 fully saturated rings. The number of esters is 1. The second kappa shape index (κ2) is 7.93. The molecule has 140 valence electrons. The second-order valence-corrected chi connectivity index (χ2v) is 7.84. The van der Waals surface area contributed by atoms with E-state index in [-0.39, 0.29) is 12.5 Å². The van der Waals surface area contributed by atoms with Gasteiger partial charge in [0.15, 0.2) is 0 Å². The van der Waals surface area contributed by atoms with Crippen molar-refractivity contribution in [1.82, 2.24) is 9.97 Å². The molecule has 0 aliphatic heterocycles. The number of carbonyl (C=O) groups excluding carboxylic acids is 2. The average Bonchev–Trinajstić information content (AvgIpc) is 3.07. The number of nitrogens with one attached hydrogen (secondary N) is 1. The number of rotatable bonds is 5. The SMILES string of the molecule is CCOC(=O)c1ccc(C)c(NC(=O)c2csc3c([S@@](C)=O)ncnc23)c1. The van der Waals surface area contributed by atoms with Gasteiger partial charge in [-0.05, 0) is 31.5 Å². The third-order valence-corrected chi connectivity index (χ3v) is 5.79. The van der Waals surface area contributed by atoms with Gasteiger partial charge in [0.25, 0.3) is 5.91 Å². The van der Waals surface area contributed by atoms with Crippen LogP contribution in [0.2, 0.25) is 0 Å². The topological polar surface area (TPSA) is 98.2 Å². The Morgan fingerprint density at radius 3 is 2.78 bits per heavy atom. The molecule has 0 aliphatic rings. The van der Waals surface area contributed by atoms with Gasteiger partial charge in [0, 0.05) is 17.3 Å². The summed E-state index contributed by atoms with van der Waals surface area (Å²) in [7, 11) is -1.28. The number of carbonyl (C=O) groups is 2. The van der Waals surface area contributed by atoms with Crippen molar-refractivity contribution in [2.45, 2.75) is 18.9 Å². The average molecular weight is 403 g/mol. The number of aromatic nitrogens is 2. The summed E-state index contributed by atoms with van der Waals surface area (Å²) in [5, 5.41) is 4.88. The molecular formula is C18H17N3O4S2. The molecule has 1 amide bonds. The molecule has 3 aromatic rings. The largest absolute Gasteiger partial charge is 0.462 e. The summed E-state index contributed by atoms with van der Waals surface area (Å²) in [5.41, 5.74) is 2.50. The molecule has 0 unspecified atom stereocenters. The Morgan fingerprint density at radius 1 is 1.30 bits per heavy atom. The highest BCUT2D eigenvalue weighted by molar-refractivity contribution is 7.84. The number of amides is 1. The normalized spacial score (nSPS) is 12.0. The molecule has 2 aromatic heterocycles. The Balaban J connectivity index is 1.93. The first-order chi connectivity index (χ1) is 12.9. The van der Waals surface area contributed by atoms with Gasteiger partial charge >= 0.3 is 5.97 Å². The van der Waals surface area contributed by atoms with Crippen LogP contribution in [0.1, 0.15) is 33.2 Å². The van der Waals surface area contributed by atoms with Crippen LogP contribution in [-0.4, -0.2) is 38.9 Å². The van der Waals surface area contributed by atoms with Gasteiger partial charge in [0.1, 0.15) is 11.4 Å². The Morgan fingerprint density at radius 2 is 2.07 bits per heavy atom. The molecule has 1 atom stereocenters. The number of anilines is 1. The summed E-state index contributed by atoms with van der Waals surface area (Å²) in [6.07, 6.45) is 2.83. The van der Waals surface area contributed by atoms with E-state index < -0.39 is 16.8 Å². The Hall–Kier alpha value is -2.65. The first-order valence-corrected chi connectivity index (χ1v) is 10.5. The number of fused-ring (bicyclic) bond motifs is 1. The van der Waals surface area contributed by atoms with Crippen LogP contribution in [0.5, 0.6) is 0 Å². The minimum absolute atomic E-state index is 0.274. The van der Waals surface area contributed by atoms with Gasteiger partial charge in [-0.15, -0.1) is 11.3 Å². The zero-order chi connectivity index (χ0) is 19.6. The molecule has 27 heavy (non-hydrogen) atoms. The number of benzene rings is 1. The van der Waals surface area contributed by atoms with E-state index in [1.54, 1.807) is 30.5 Å². The summed E-state index contributed by atoms with van der Waals surface area (Å²) in [6.45, 7) is 3.84. The molecule has 0 saturated carbocycles. The summed E-state index contributed by atoms with van der Waals surface area (Å²) in [4.78, 5) is 32.9. The molecule has 0 spiro atoms. The summed E-state index contributed by atoms with van der Waals surface area (Å²) < 4.78 is 17.4. The van der Waals surface area contributed by atoms with Gasteiger partial charge < -0.3 is 10.1 Å². The van der Waals surface area contributed by atoms with E-state index in [2.05, 4.69) is 15.3 Å². The Labute approximate surface area is 162 Å². The molecule has 1 N–H and O–H groups in total. The van der Waals surface area contributed by atoms with E-state index in [1.807, 2.05) is 6.92 Å². The Bertz CT molecular complexity index is 1060. The van der Waals surface area contributed by atoms with Crippen LogP contribution >= 0.6 is 11.3 Å². The number of hydrogen-bond acceptors (Lipinski definition) is 7. The summed E-state index contributed by atoms with van der Waals surface area (Å²) >= 11 is 1.27. The van der Waals surface area contributed by atoms with Crippen molar-refractivity contribution in [1.29, 1.82) is 0 Å². The van der Waals surface area contributed by atoms with Crippen LogP contribution in [0.15, 0.2) is 34.9 Å². The summed E-state index contributed by atoms with van der Waals surface area (Å²) in [5.74, 6) is -0.811. The number of hydrogen-bond donors (Lipinski definition) is 1. The first-order valence-electron chi connectivity index (χ1n) is 8.07. The lowest BCUT2D eigenvalue weighted by molar-refractivity contribution is 0.0526. The molecule has 1 aromatic carbocycles. The maximum Gasteiger partial charge on any atom is 0.338 e. The standard InChI is InChI=1S/C18H17N3O4S2/c1-4-25-18(23)11-6-5-10(2)13(7-11)21-16(22)12-8-26-15-14(12)19-9-20-17(15)27(3)24/h5-9H,4H2,1-3H3,(H,21,22)/t27-/m1/s1. The van der Waals surface area contributed by atoms with Crippen molar-refractivity contribution in [3.05, 3.63) is 46.6 Å². The molecule has 0 aliphatic carbocycles. The molecule has 7 nitrogen and oxygen atoms in total. The zero-order valence-corrected chi connectivity index (χ0v) is 16.6. The number of nitrogens with zero attached hydrogens (tertiary/aromatic N) is 2. The quantitative estimate of drug-likeness (QED) is 0.519. The van der Waals surface area contributed by atoms with Gasteiger partial charge in [-0.1, -0.05) is 6.07 Å². The van der Waals surface area contributed by atoms with E-state index in [4.69, 9.17) is 4.74 Å². The van der Waals surface area contributed by atoms with Crippen molar-refractivity contribution in [3.63, 3.8) is 0 Å². The van der Waals surface area contributed by atoms with Gasteiger partial charge in [-0.25, -0.2) is 14.8 Å².